The Labute approximate surface area is 181 Å². The molecule has 0 unspecified atom stereocenters. The minimum atomic E-state index is -0.466. The maximum atomic E-state index is 11.8. The van der Waals surface area contributed by atoms with Crippen molar-refractivity contribution in [2.24, 2.45) is 0 Å². The third-order valence-electron chi connectivity index (χ3n) is 2.28. The quantitative estimate of drug-likeness (QED) is 0.314. The molecule has 0 saturated carbocycles. The van der Waals surface area contributed by atoms with Crippen LogP contribution in [0.4, 0.5) is 0 Å². The molecule has 0 spiro atoms. The number of carbonyl (C=O) groups excluding carboxylic acids is 2. The Morgan fingerprint density at radius 3 is 0.920 bits per heavy atom. The number of carbonyl (C=O) groups is 2. The second kappa shape index (κ2) is 25.1. The molecule has 0 aliphatic rings. The zero-order valence-electron chi connectivity index (χ0n) is 17.2. The number of rotatable bonds is 3. The number of benzene rings is 2. The Morgan fingerprint density at radius 1 is 0.520 bits per heavy atom. The van der Waals surface area contributed by atoms with Crippen molar-refractivity contribution in [3.8, 4) is 0 Å². The van der Waals surface area contributed by atoms with Crippen LogP contribution in [0.2, 0.25) is 0 Å². The first-order chi connectivity index (χ1) is 10.8. The molecule has 1 radical (unpaired) electrons. The van der Waals surface area contributed by atoms with E-state index in [9.17, 15) is 9.59 Å². The molecule has 0 amide bonds. The second-order valence-corrected chi connectivity index (χ2v) is 3.39. The number of hydrogen-bond donors (Lipinski definition) is 0. The molecule has 2 nitrogen and oxygen atoms in total. The Kier molecular flexibility index (Phi) is 35.3. The van der Waals surface area contributed by atoms with Crippen LogP contribution in [0.15, 0.2) is 60.7 Å². The van der Waals surface area contributed by atoms with Gasteiger partial charge in [-0.3, -0.25) is 9.59 Å². The Bertz CT molecular complexity index is 459. The maximum Gasteiger partial charge on any atom is 0.233 e. The van der Waals surface area contributed by atoms with Gasteiger partial charge in [0.05, 0.1) is 0 Å². The van der Waals surface area contributed by atoms with Crippen molar-refractivity contribution in [2.45, 2.75) is 41.5 Å². The summed E-state index contributed by atoms with van der Waals surface area (Å²) in [6.45, 7) is 12.0. The van der Waals surface area contributed by atoms with Crippen molar-refractivity contribution >= 4 is 11.6 Å². The normalized spacial score (nSPS) is 6.96. The first kappa shape index (κ1) is 35.1. The van der Waals surface area contributed by atoms with E-state index >= 15 is 0 Å². The molecule has 0 saturated heterocycles. The number of Topliss-reactive ketones (excluding diaryl/α,β-unsaturated/α-hetero) is 2. The first-order valence-corrected chi connectivity index (χ1v) is 7.98. The zero-order valence-corrected chi connectivity index (χ0v) is 20.0. The molecule has 2 rings (SSSR count). The van der Waals surface area contributed by atoms with Crippen molar-refractivity contribution in [2.75, 3.05) is 0 Å². The van der Waals surface area contributed by atoms with E-state index in [0.29, 0.717) is 11.1 Å². The van der Waals surface area contributed by atoms with Gasteiger partial charge >= 0.3 is 0 Å². The minimum Gasteiger partial charge on any atom is -0.358 e. The van der Waals surface area contributed by atoms with E-state index in [0.717, 1.165) is 0 Å². The molecule has 0 aliphatic heterocycles. The summed E-state index contributed by atoms with van der Waals surface area (Å²) >= 11 is 0. The molecule has 0 aromatic heterocycles. The van der Waals surface area contributed by atoms with Gasteiger partial charge in [-0.25, -0.2) is 0 Å². The molecule has 0 aliphatic carbocycles. The van der Waals surface area contributed by atoms with Crippen molar-refractivity contribution in [3.63, 3.8) is 0 Å². The fourth-order valence-electron chi connectivity index (χ4n) is 1.44. The minimum absolute atomic E-state index is 0. The van der Waals surface area contributed by atoms with Crippen LogP contribution in [0, 0.1) is 14.9 Å². The SMILES string of the molecule is CC.CC.CC.O=C(C(=O)c1ccccc1)c1ccccc1.[CH3-].[CH3-].[Y]. The standard InChI is InChI=1S/C14H10O2.3C2H6.2CH3.Y/c15-13(11-7-3-1-4-8-11)14(16)12-9-5-2-6-10-12;3*1-2;;;/h1-10H;3*1-2H3;2*1H3;/q;;;;2*-1;. The van der Waals surface area contributed by atoms with Crippen molar-refractivity contribution in [1.29, 1.82) is 0 Å². The summed E-state index contributed by atoms with van der Waals surface area (Å²) in [4.78, 5) is 23.6. The van der Waals surface area contributed by atoms with E-state index in [-0.39, 0.29) is 47.6 Å². The molecule has 0 heterocycles. The molecule has 2 aromatic carbocycles. The van der Waals surface area contributed by atoms with Gasteiger partial charge in [0.2, 0.25) is 11.6 Å². The van der Waals surface area contributed by atoms with Crippen molar-refractivity contribution in [3.05, 3.63) is 86.6 Å². The van der Waals surface area contributed by atoms with Gasteiger partial charge in [0, 0.05) is 43.8 Å². The summed E-state index contributed by atoms with van der Waals surface area (Å²) in [5.41, 5.74) is 0.854. The molecule has 0 bridgehead atoms. The van der Waals surface area contributed by atoms with Crippen molar-refractivity contribution < 1.29 is 42.3 Å². The van der Waals surface area contributed by atoms with Crippen molar-refractivity contribution in [1.82, 2.24) is 0 Å². The summed E-state index contributed by atoms with van der Waals surface area (Å²) in [5.74, 6) is -0.932. The third-order valence-corrected chi connectivity index (χ3v) is 2.28. The van der Waals surface area contributed by atoms with Gasteiger partial charge in [-0.15, -0.1) is 0 Å². The van der Waals surface area contributed by atoms with Gasteiger partial charge in [0.25, 0.3) is 0 Å². The van der Waals surface area contributed by atoms with Crippen LogP contribution >= 0.6 is 0 Å². The number of ketones is 2. The van der Waals surface area contributed by atoms with Gasteiger partial charge < -0.3 is 14.9 Å². The van der Waals surface area contributed by atoms with Crippen LogP contribution < -0.4 is 0 Å². The average molecular weight is 419 g/mol. The summed E-state index contributed by atoms with van der Waals surface area (Å²) in [5, 5.41) is 0. The van der Waals surface area contributed by atoms with Crippen LogP contribution in [-0.2, 0) is 32.7 Å². The summed E-state index contributed by atoms with van der Waals surface area (Å²) < 4.78 is 0. The maximum absolute atomic E-state index is 11.8. The van der Waals surface area contributed by atoms with Crippen LogP contribution in [0.3, 0.4) is 0 Å². The second-order valence-electron chi connectivity index (χ2n) is 3.39. The molecular weight excluding hydrogens is 385 g/mol. The molecule has 25 heavy (non-hydrogen) atoms. The van der Waals surface area contributed by atoms with Gasteiger partial charge in [-0.05, 0) is 0 Å². The topological polar surface area (TPSA) is 34.1 Å². The predicted molar refractivity (Wildman–Crippen MR) is 108 cm³/mol. The monoisotopic (exact) mass is 419 g/mol. The van der Waals surface area contributed by atoms with Crippen LogP contribution in [0.5, 0.6) is 0 Å². The van der Waals surface area contributed by atoms with E-state index in [2.05, 4.69) is 0 Å². The van der Waals surface area contributed by atoms with Crippen LogP contribution in [-0.4, -0.2) is 11.6 Å². The fourth-order valence-corrected chi connectivity index (χ4v) is 1.44. The molecule has 3 heteroatoms. The average Bonchev–Trinajstić information content (AvgIpc) is 2.67. The van der Waals surface area contributed by atoms with Gasteiger partial charge in [0.15, 0.2) is 0 Å². The summed E-state index contributed by atoms with van der Waals surface area (Å²) in [7, 11) is 0. The molecule has 2 aromatic rings. The van der Waals surface area contributed by atoms with Crippen LogP contribution in [0.25, 0.3) is 0 Å². The summed E-state index contributed by atoms with van der Waals surface area (Å²) in [6, 6.07) is 17.2. The molecule has 0 N–H and O–H groups in total. The van der Waals surface area contributed by atoms with E-state index in [4.69, 9.17) is 0 Å². The predicted octanol–water partition coefficient (Wildman–Crippen LogP) is 6.73. The zero-order chi connectivity index (χ0) is 17.4. The molecular formula is C22H34O2Y-2. The Hall–Kier alpha value is -1.12. The van der Waals surface area contributed by atoms with Crippen LogP contribution in [0.1, 0.15) is 62.3 Å². The van der Waals surface area contributed by atoms with E-state index in [1.807, 2.05) is 53.7 Å². The molecule has 139 valence electrons. The van der Waals surface area contributed by atoms with E-state index in [1.165, 1.54) is 0 Å². The first-order valence-electron chi connectivity index (χ1n) is 7.98. The smallest absolute Gasteiger partial charge is 0.233 e. The molecule has 0 atom stereocenters. The largest absolute Gasteiger partial charge is 0.358 e. The van der Waals surface area contributed by atoms with Gasteiger partial charge in [-0.2, -0.15) is 0 Å². The molecule has 0 fully saturated rings. The van der Waals surface area contributed by atoms with E-state index in [1.54, 1.807) is 48.5 Å². The Morgan fingerprint density at radius 2 is 0.720 bits per heavy atom. The fraction of sp³-hybridized carbons (Fsp3) is 0.273. The third kappa shape index (κ3) is 13.8. The Balaban J connectivity index is -0.000000135. The number of hydrogen-bond acceptors (Lipinski definition) is 2. The van der Waals surface area contributed by atoms with E-state index < -0.39 is 11.6 Å². The summed E-state index contributed by atoms with van der Waals surface area (Å²) in [6.07, 6.45) is 0. The van der Waals surface area contributed by atoms with Gasteiger partial charge in [-0.1, -0.05) is 102 Å². The van der Waals surface area contributed by atoms with Gasteiger partial charge in [0.1, 0.15) is 0 Å².